The van der Waals surface area contributed by atoms with Crippen LogP contribution in [0.3, 0.4) is 0 Å². The van der Waals surface area contributed by atoms with Gasteiger partial charge in [-0.3, -0.25) is 0 Å². The largest absolute Gasteiger partial charge is 0.486 e. The Morgan fingerprint density at radius 3 is 2.44 bits per heavy atom. The van der Waals surface area contributed by atoms with Gasteiger partial charge in [0.2, 0.25) is 0 Å². The van der Waals surface area contributed by atoms with E-state index < -0.39 is 5.60 Å². The van der Waals surface area contributed by atoms with Crippen LogP contribution < -0.4 is 9.47 Å². The normalized spacial score (nSPS) is 15.1. The summed E-state index contributed by atoms with van der Waals surface area (Å²) in [5.74, 6) is 1.44. The minimum absolute atomic E-state index is 0.540. The second-order valence-corrected chi connectivity index (χ2v) is 4.78. The predicted molar refractivity (Wildman–Crippen MR) is 62.2 cm³/mol. The lowest BCUT2D eigenvalue weighted by Gasteiger charge is -2.29. The van der Waals surface area contributed by atoms with Gasteiger partial charge in [-0.25, -0.2) is 0 Å². The fourth-order valence-corrected chi connectivity index (χ4v) is 2.14. The van der Waals surface area contributed by atoms with Crippen LogP contribution >= 0.6 is 0 Å². The number of hydrogen-bond acceptors (Lipinski definition) is 3. The summed E-state index contributed by atoms with van der Waals surface area (Å²) in [7, 11) is 0. The zero-order valence-corrected chi connectivity index (χ0v) is 10.3. The zero-order valence-electron chi connectivity index (χ0n) is 10.3. The molecule has 0 fully saturated rings. The molecule has 0 aliphatic carbocycles. The predicted octanol–water partition coefficient (Wildman–Crippen LogP) is 2.30. The summed E-state index contributed by atoms with van der Waals surface area (Å²) in [6.07, 6.45) is 0. The molecule has 1 aliphatic rings. The fraction of sp³-hybridized carbons (Fsp3) is 0.538. The SMILES string of the molecule is Cc1cc2c(c(C(C)(C)O)c1C)OCCO2. The Morgan fingerprint density at radius 2 is 1.81 bits per heavy atom. The Labute approximate surface area is 96.0 Å². The van der Waals surface area contributed by atoms with Crippen LogP contribution in [0.25, 0.3) is 0 Å². The van der Waals surface area contributed by atoms with Crippen molar-refractivity contribution in [1.82, 2.24) is 0 Å². The van der Waals surface area contributed by atoms with Gasteiger partial charge in [-0.15, -0.1) is 0 Å². The van der Waals surface area contributed by atoms with Crippen molar-refractivity contribution >= 4 is 0 Å². The summed E-state index contributed by atoms with van der Waals surface area (Å²) < 4.78 is 11.2. The van der Waals surface area contributed by atoms with Gasteiger partial charge < -0.3 is 14.6 Å². The average molecular weight is 222 g/mol. The van der Waals surface area contributed by atoms with Crippen LogP contribution in [0.15, 0.2) is 6.07 Å². The van der Waals surface area contributed by atoms with Crippen LogP contribution in [0.4, 0.5) is 0 Å². The van der Waals surface area contributed by atoms with E-state index in [-0.39, 0.29) is 0 Å². The van der Waals surface area contributed by atoms with E-state index in [9.17, 15) is 5.11 Å². The molecule has 0 unspecified atom stereocenters. The maximum absolute atomic E-state index is 10.2. The van der Waals surface area contributed by atoms with Gasteiger partial charge >= 0.3 is 0 Å². The van der Waals surface area contributed by atoms with Gasteiger partial charge in [0.25, 0.3) is 0 Å². The van der Waals surface area contributed by atoms with Crippen molar-refractivity contribution in [2.24, 2.45) is 0 Å². The molecule has 1 aromatic carbocycles. The van der Waals surface area contributed by atoms with Crippen molar-refractivity contribution in [3.05, 3.63) is 22.8 Å². The minimum atomic E-state index is -0.916. The third-order valence-electron chi connectivity index (χ3n) is 2.96. The van der Waals surface area contributed by atoms with Gasteiger partial charge in [-0.2, -0.15) is 0 Å². The lowest BCUT2D eigenvalue weighted by molar-refractivity contribution is 0.0694. The van der Waals surface area contributed by atoms with E-state index in [0.29, 0.717) is 19.0 Å². The molecule has 0 saturated carbocycles. The van der Waals surface area contributed by atoms with Crippen LogP contribution in [-0.4, -0.2) is 18.3 Å². The number of hydrogen-bond donors (Lipinski definition) is 1. The second-order valence-electron chi connectivity index (χ2n) is 4.78. The van der Waals surface area contributed by atoms with Crippen molar-refractivity contribution in [3.8, 4) is 11.5 Å². The van der Waals surface area contributed by atoms with Crippen molar-refractivity contribution in [3.63, 3.8) is 0 Å². The topological polar surface area (TPSA) is 38.7 Å². The first-order valence-corrected chi connectivity index (χ1v) is 5.54. The number of aryl methyl sites for hydroxylation is 1. The van der Waals surface area contributed by atoms with Crippen molar-refractivity contribution in [2.45, 2.75) is 33.3 Å². The van der Waals surface area contributed by atoms with E-state index in [1.54, 1.807) is 13.8 Å². The van der Waals surface area contributed by atoms with E-state index >= 15 is 0 Å². The van der Waals surface area contributed by atoms with Crippen LogP contribution in [0.2, 0.25) is 0 Å². The third-order valence-corrected chi connectivity index (χ3v) is 2.96. The van der Waals surface area contributed by atoms with E-state index in [1.165, 1.54) is 0 Å². The highest BCUT2D eigenvalue weighted by Crippen LogP contribution is 2.42. The quantitative estimate of drug-likeness (QED) is 0.792. The molecule has 88 valence electrons. The Hall–Kier alpha value is -1.22. The number of ether oxygens (including phenoxy) is 2. The molecule has 0 spiro atoms. The van der Waals surface area contributed by atoms with Crippen molar-refractivity contribution in [2.75, 3.05) is 13.2 Å². The lowest BCUT2D eigenvalue weighted by Crippen LogP contribution is -2.24. The lowest BCUT2D eigenvalue weighted by atomic mass is 9.89. The Kier molecular flexibility index (Phi) is 2.58. The van der Waals surface area contributed by atoms with Gasteiger partial charge in [-0.1, -0.05) is 0 Å². The molecular weight excluding hydrogens is 204 g/mol. The molecule has 0 atom stereocenters. The van der Waals surface area contributed by atoms with Gasteiger partial charge in [0.15, 0.2) is 11.5 Å². The molecule has 0 radical (unpaired) electrons. The highest BCUT2D eigenvalue weighted by molar-refractivity contribution is 5.56. The molecule has 1 heterocycles. The highest BCUT2D eigenvalue weighted by atomic mass is 16.6. The van der Waals surface area contributed by atoms with E-state index in [4.69, 9.17) is 9.47 Å². The second kappa shape index (κ2) is 3.67. The summed E-state index contributed by atoms with van der Waals surface area (Å²) in [6.45, 7) is 8.67. The maximum Gasteiger partial charge on any atom is 0.167 e. The fourth-order valence-electron chi connectivity index (χ4n) is 2.14. The van der Waals surface area contributed by atoms with E-state index in [0.717, 1.165) is 22.4 Å². The number of fused-ring (bicyclic) bond motifs is 1. The van der Waals surface area contributed by atoms with E-state index in [1.807, 2.05) is 19.9 Å². The summed E-state index contributed by atoms with van der Waals surface area (Å²) in [5, 5.41) is 10.2. The molecule has 0 bridgehead atoms. The zero-order chi connectivity index (χ0) is 11.9. The van der Waals surface area contributed by atoms with Crippen LogP contribution in [0.1, 0.15) is 30.5 Å². The molecule has 0 saturated heterocycles. The van der Waals surface area contributed by atoms with Gasteiger partial charge in [0.05, 0.1) is 5.60 Å². The molecule has 16 heavy (non-hydrogen) atoms. The number of aliphatic hydroxyl groups is 1. The van der Waals surface area contributed by atoms with E-state index in [2.05, 4.69) is 0 Å². The minimum Gasteiger partial charge on any atom is -0.486 e. The first-order chi connectivity index (χ1) is 7.41. The molecule has 3 nitrogen and oxygen atoms in total. The Morgan fingerprint density at radius 1 is 1.19 bits per heavy atom. The molecule has 1 aromatic rings. The molecule has 1 aliphatic heterocycles. The smallest absolute Gasteiger partial charge is 0.167 e. The third kappa shape index (κ3) is 1.76. The van der Waals surface area contributed by atoms with Crippen molar-refractivity contribution in [1.29, 1.82) is 0 Å². The van der Waals surface area contributed by atoms with Gasteiger partial charge in [-0.05, 0) is 44.9 Å². The summed E-state index contributed by atoms with van der Waals surface area (Å²) >= 11 is 0. The molecular formula is C13H18O3. The molecule has 3 heteroatoms. The average Bonchev–Trinajstić information content (AvgIpc) is 2.17. The number of benzene rings is 1. The van der Waals surface area contributed by atoms with Crippen LogP contribution in [-0.2, 0) is 5.60 Å². The van der Waals surface area contributed by atoms with Gasteiger partial charge in [0.1, 0.15) is 13.2 Å². The van der Waals surface area contributed by atoms with Crippen molar-refractivity contribution < 1.29 is 14.6 Å². The molecule has 0 amide bonds. The summed E-state index contributed by atoms with van der Waals surface area (Å²) in [5.41, 5.74) is 2.10. The Bertz CT molecular complexity index is 416. The summed E-state index contributed by atoms with van der Waals surface area (Å²) in [4.78, 5) is 0. The Balaban J connectivity index is 2.69. The molecule has 2 rings (SSSR count). The highest BCUT2D eigenvalue weighted by Gasteiger charge is 2.29. The summed E-state index contributed by atoms with van der Waals surface area (Å²) in [6, 6.07) is 1.97. The standard InChI is InChI=1S/C13H18O3/c1-8-7-10-12(16-6-5-15-10)11(9(8)2)13(3,4)14/h7,14H,5-6H2,1-4H3. The maximum atomic E-state index is 10.2. The first kappa shape index (κ1) is 11.3. The molecule has 1 N–H and O–H groups in total. The molecule has 0 aromatic heterocycles. The van der Waals surface area contributed by atoms with Crippen LogP contribution in [0.5, 0.6) is 11.5 Å². The van der Waals surface area contributed by atoms with Gasteiger partial charge in [0, 0.05) is 5.56 Å². The first-order valence-electron chi connectivity index (χ1n) is 5.54. The monoisotopic (exact) mass is 222 g/mol. The van der Waals surface area contributed by atoms with Crippen LogP contribution in [0, 0.1) is 13.8 Å². The number of rotatable bonds is 1.